The van der Waals surface area contributed by atoms with Crippen LogP contribution in [-0.4, -0.2) is 0 Å². The first-order valence-electron chi connectivity index (χ1n) is 4.84. The van der Waals surface area contributed by atoms with Gasteiger partial charge in [-0.25, -0.2) is 0 Å². The van der Waals surface area contributed by atoms with Gasteiger partial charge in [0.05, 0.1) is 0 Å². The Balaban J connectivity index is 4.71. The zero-order valence-electron chi connectivity index (χ0n) is 9.56. The lowest BCUT2D eigenvalue weighted by molar-refractivity contribution is 1.14. The molecule has 0 spiro atoms. The lowest BCUT2D eigenvalue weighted by Crippen LogP contribution is -1.90. The smallest absolute Gasteiger partial charge is 0.00267 e. The number of hydrogen-bond acceptors (Lipinski definition) is 0. The van der Waals surface area contributed by atoms with Gasteiger partial charge in [-0.3, -0.25) is 0 Å². The van der Waals surface area contributed by atoms with Crippen molar-refractivity contribution in [3.63, 3.8) is 0 Å². The van der Waals surface area contributed by atoms with Gasteiger partial charge in [0.2, 0.25) is 0 Å². The molecule has 0 aliphatic rings. The van der Waals surface area contributed by atoms with Crippen LogP contribution >= 0.6 is 0 Å². The van der Waals surface area contributed by atoms with Crippen molar-refractivity contribution in [2.75, 3.05) is 0 Å². The summed E-state index contributed by atoms with van der Waals surface area (Å²) in [4.78, 5) is 0. The fourth-order valence-electron chi connectivity index (χ4n) is 1.19. The molecule has 0 bridgehead atoms. The molecule has 14 heavy (non-hydrogen) atoms. The van der Waals surface area contributed by atoms with Crippen LogP contribution in [0.15, 0.2) is 60.3 Å². The maximum absolute atomic E-state index is 3.99. The Labute approximate surface area is 88.0 Å². The minimum absolute atomic E-state index is 0.859. The molecule has 0 heteroatoms. The first-order chi connectivity index (χ1) is 6.56. The van der Waals surface area contributed by atoms with Gasteiger partial charge in [0.1, 0.15) is 0 Å². The fraction of sp³-hybridized carbons (Fsp3) is 0.286. The van der Waals surface area contributed by atoms with Crippen molar-refractivity contribution in [1.82, 2.24) is 0 Å². The Bertz CT molecular complexity index is 298. The van der Waals surface area contributed by atoms with E-state index in [-0.39, 0.29) is 0 Å². The molecule has 76 valence electrons. The molecule has 0 aromatic heterocycles. The predicted octanol–water partition coefficient (Wildman–Crippen LogP) is 4.59. The SMILES string of the molecule is C=CC(=C\C)/C(=C/C)CC(=C)C(=C)C. The molecule has 0 saturated carbocycles. The van der Waals surface area contributed by atoms with Crippen LogP contribution < -0.4 is 0 Å². The second-order valence-corrected chi connectivity index (χ2v) is 3.32. The van der Waals surface area contributed by atoms with Crippen LogP contribution in [-0.2, 0) is 0 Å². The van der Waals surface area contributed by atoms with E-state index in [2.05, 4.69) is 31.9 Å². The first-order valence-corrected chi connectivity index (χ1v) is 4.84. The van der Waals surface area contributed by atoms with Crippen LogP contribution in [0.1, 0.15) is 27.2 Å². The standard InChI is InChI=1S/C14H20/c1-7-13(8-2)14(9-3)10-12(6)11(4)5/h7-9H,1,4,6,10H2,2-3,5H3/b13-8+,14-9+. The zero-order valence-corrected chi connectivity index (χ0v) is 9.56. The van der Waals surface area contributed by atoms with Crippen molar-refractivity contribution >= 4 is 0 Å². The first kappa shape index (κ1) is 12.7. The van der Waals surface area contributed by atoms with Gasteiger partial charge < -0.3 is 0 Å². The molecule has 0 unspecified atom stereocenters. The van der Waals surface area contributed by atoms with Gasteiger partial charge in [-0.1, -0.05) is 43.5 Å². The van der Waals surface area contributed by atoms with Crippen molar-refractivity contribution in [1.29, 1.82) is 0 Å². The van der Waals surface area contributed by atoms with Crippen molar-refractivity contribution in [3.05, 3.63) is 60.3 Å². The summed E-state index contributed by atoms with van der Waals surface area (Å²) in [5.74, 6) is 0. The largest absolute Gasteiger partial charge is 0.0985 e. The Morgan fingerprint density at radius 1 is 1.14 bits per heavy atom. The van der Waals surface area contributed by atoms with Gasteiger partial charge in [-0.15, -0.1) is 0 Å². The average Bonchev–Trinajstić information content (AvgIpc) is 2.17. The summed E-state index contributed by atoms with van der Waals surface area (Å²) >= 11 is 0. The van der Waals surface area contributed by atoms with E-state index in [1.807, 2.05) is 26.8 Å². The molecule has 0 aromatic rings. The van der Waals surface area contributed by atoms with Crippen molar-refractivity contribution in [3.8, 4) is 0 Å². The summed E-state index contributed by atoms with van der Waals surface area (Å²) in [5.41, 5.74) is 4.56. The third-order valence-electron chi connectivity index (χ3n) is 2.26. The highest BCUT2D eigenvalue weighted by atomic mass is 14.1. The average molecular weight is 188 g/mol. The summed E-state index contributed by atoms with van der Waals surface area (Å²) in [7, 11) is 0. The normalized spacial score (nSPS) is 12.5. The minimum atomic E-state index is 0.859. The minimum Gasteiger partial charge on any atom is -0.0985 e. The molecular formula is C14H20. The van der Waals surface area contributed by atoms with Gasteiger partial charge in [-0.05, 0) is 43.9 Å². The predicted molar refractivity (Wildman–Crippen MR) is 66.3 cm³/mol. The molecule has 0 aromatic carbocycles. The summed E-state index contributed by atoms with van der Waals surface area (Å²) in [6.07, 6.45) is 6.90. The lowest BCUT2D eigenvalue weighted by Gasteiger charge is -2.10. The Morgan fingerprint density at radius 3 is 2.00 bits per heavy atom. The third-order valence-corrected chi connectivity index (χ3v) is 2.26. The molecule has 0 radical (unpaired) electrons. The van der Waals surface area contributed by atoms with Gasteiger partial charge in [0, 0.05) is 0 Å². The number of allylic oxidation sites excluding steroid dienone is 7. The highest BCUT2D eigenvalue weighted by molar-refractivity contribution is 5.43. The van der Waals surface area contributed by atoms with Crippen molar-refractivity contribution < 1.29 is 0 Å². The van der Waals surface area contributed by atoms with Gasteiger partial charge in [-0.2, -0.15) is 0 Å². The van der Waals surface area contributed by atoms with E-state index < -0.39 is 0 Å². The Morgan fingerprint density at radius 2 is 1.71 bits per heavy atom. The lowest BCUT2D eigenvalue weighted by atomic mass is 9.96. The van der Waals surface area contributed by atoms with E-state index >= 15 is 0 Å². The summed E-state index contributed by atoms with van der Waals surface area (Å²) in [5, 5.41) is 0. The van der Waals surface area contributed by atoms with E-state index in [1.54, 1.807) is 0 Å². The van der Waals surface area contributed by atoms with E-state index in [0.29, 0.717) is 0 Å². The third kappa shape index (κ3) is 3.61. The molecule has 0 heterocycles. The molecule has 0 fully saturated rings. The van der Waals surface area contributed by atoms with E-state index in [1.165, 1.54) is 11.1 Å². The topological polar surface area (TPSA) is 0 Å². The van der Waals surface area contributed by atoms with Crippen LogP contribution in [0, 0.1) is 0 Å². The van der Waals surface area contributed by atoms with Crippen LogP contribution in [0.2, 0.25) is 0 Å². The molecule has 0 nitrogen and oxygen atoms in total. The summed E-state index contributed by atoms with van der Waals surface area (Å²) < 4.78 is 0. The second kappa shape index (κ2) is 6.20. The highest BCUT2D eigenvalue weighted by Crippen LogP contribution is 2.22. The molecule has 0 atom stereocenters. The molecular weight excluding hydrogens is 168 g/mol. The number of rotatable bonds is 5. The molecule has 0 saturated heterocycles. The zero-order chi connectivity index (χ0) is 11.1. The molecule has 0 aliphatic heterocycles. The van der Waals surface area contributed by atoms with Crippen LogP contribution in [0.5, 0.6) is 0 Å². The van der Waals surface area contributed by atoms with E-state index in [0.717, 1.165) is 17.6 Å². The fourth-order valence-corrected chi connectivity index (χ4v) is 1.19. The van der Waals surface area contributed by atoms with Gasteiger partial charge in [0.25, 0.3) is 0 Å². The van der Waals surface area contributed by atoms with Crippen LogP contribution in [0.4, 0.5) is 0 Å². The Kier molecular flexibility index (Phi) is 5.62. The molecule has 0 amide bonds. The Hall–Kier alpha value is -1.30. The molecule has 0 N–H and O–H groups in total. The number of hydrogen-bond donors (Lipinski definition) is 0. The van der Waals surface area contributed by atoms with E-state index in [4.69, 9.17) is 0 Å². The van der Waals surface area contributed by atoms with Gasteiger partial charge >= 0.3 is 0 Å². The second-order valence-electron chi connectivity index (χ2n) is 3.32. The van der Waals surface area contributed by atoms with E-state index in [9.17, 15) is 0 Å². The monoisotopic (exact) mass is 188 g/mol. The van der Waals surface area contributed by atoms with Gasteiger partial charge in [0.15, 0.2) is 0 Å². The molecule has 0 rings (SSSR count). The maximum Gasteiger partial charge on any atom is -0.00267 e. The van der Waals surface area contributed by atoms with Crippen LogP contribution in [0.25, 0.3) is 0 Å². The highest BCUT2D eigenvalue weighted by Gasteiger charge is 2.02. The quantitative estimate of drug-likeness (QED) is 0.554. The summed E-state index contributed by atoms with van der Waals surface area (Å²) in [6, 6.07) is 0. The molecule has 0 aliphatic carbocycles. The van der Waals surface area contributed by atoms with Crippen molar-refractivity contribution in [2.45, 2.75) is 27.2 Å². The summed E-state index contributed by atoms with van der Waals surface area (Å²) in [6.45, 7) is 17.7. The maximum atomic E-state index is 3.99. The van der Waals surface area contributed by atoms with Crippen molar-refractivity contribution in [2.24, 2.45) is 0 Å². The van der Waals surface area contributed by atoms with Crippen LogP contribution in [0.3, 0.4) is 0 Å².